The van der Waals surface area contributed by atoms with Gasteiger partial charge in [-0.1, -0.05) is 232 Å². The zero-order valence-electron chi connectivity index (χ0n) is 38.5. The van der Waals surface area contributed by atoms with E-state index in [0.717, 1.165) is 78.1 Å². The molecule has 9 aromatic rings. The van der Waals surface area contributed by atoms with Crippen molar-refractivity contribution in [3.05, 3.63) is 307 Å². The van der Waals surface area contributed by atoms with Crippen LogP contribution in [0.2, 0.25) is 0 Å². The summed E-state index contributed by atoms with van der Waals surface area (Å²) in [6.07, 6.45) is 5.83. The maximum atomic E-state index is 9.92. The number of hydrogen-bond acceptors (Lipinski definition) is 1. The monoisotopic (exact) mass is 820 g/mol. The Morgan fingerprint density at radius 2 is 1.03 bits per heavy atom. The molecular formula is C63H47N. The number of allylic oxidation sites excluding steroid dienone is 4. The Balaban J connectivity index is 1.20. The highest BCUT2D eigenvalue weighted by Gasteiger charge is 2.46. The molecule has 0 bridgehead atoms. The van der Waals surface area contributed by atoms with E-state index < -0.39 is 5.41 Å². The lowest BCUT2D eigenvalue weighted by Gasteiger charge is -2.35. The van der Waals surface area contributed by atoms with Crippen LogP contribution in [0.1, 0.15) is 37.5 Å². The Morgan fingerprint density at radius 1 is 0.469 bits per heavy atom. The highest BCUT2D eigenvalue weighted by atomic mass is 15.1. The summed E-state index contributed by atoms with van der Waals surface area (Å²) in [4.78, 5) is 2.10. The molecule has 0 aromatic heterocycles. The summed E-state index contributed by atoms with van der Waals surface area (Å²) >= 11 is 0. The second-order valence-corrected chi connectivity index (χ2v) is 15.9. The summed E-state index contributed by atoms with van der Waals surface area (Å²) < 4.78 is 29.2. The topological polar surface area (TPSA) is 3.24 Å². The lowest BCUT2D eigenvalue weighted by Crippen LogP contribution is -2.29. The molecule has 1 atom stereocenters. The van der Waals surface area contributed by atoms with Crippen LogP contribution in [-0.2, 0) is 5.41 Å². The zero-order chi connectivity index (χ0) is 45.9. The molecule has 10 rings (SSSR count). The molecule has 0 fully saturated rings. The van der Waals surface area contributed by atoms with E-state index >= 15 is 0 Å². The molecule has 0 N–H and O–H groups in total. The molecule has 1 heteroatoms. The SMILES string of the molecule is [2H]/C(=C(/c1ccccc1)c1cc([2H])c(N(c2ccc(-c3ccccc3-c3ccccc3)cc2)c2ccc3c(c2)C(/C(C=C)=C/C=C)(c2ccccc2)c2ccccc2-3)cc1[2H])c1ccccc1. The molecule has 1 aliphatic rings. The largest absolute Gasteiger partial charge is 0.310 e. The maximum absolute atomic E-state index is 9.92. The fourth-order valence-corrected chi connectivity index (χ4v) is 9.39. The summed E-state index contributed by atoms with van der Waals surface area (Å²) in [6.45, 7) is 8.49. The van der Waals surface area contributed by atoms with Crippen LogP contribution >= 0.6 is 0 Å². The minimum atomic E-state index is -0.735. The molecule has 0 spiro atoms. The van der Waals surface area contributed by atoms with Crippen molar-refractivity contribution in [1.82, 2.24) is 0 Å². The summed E-state index contributed by atoms with van der Waals surface area (Å²) in [5, 5.41) is 0. The van der Waals surface area contributed by atoms with Crippen LogP contribution in [0.5, 0.6) is 0 Å². The first-order valence-electron chi connectivity index (χ1n) is 23.2. The van der Waals surface area contributed by atoms with Gasteiger partial charge in [0.1, 0.15) is 0 Å². The van der Waals surface area contributed by atoms with Gasteiger partial charge in [0.05, 0.1) is 9.53 Å². The summed E-state index contributed by atoms with van der Waals surface area (Å²) in [5.74, 6) is 0. The Kier molecular flexibility index (Phi) is 10.0. The lowest BCUT2D eigenvalue weighted by atomic mass is 9.67. The number of rotatable bonds is 12. The van der Waals surface area contributed by atoms with E-state index in [2.05, 4.69) is 164 Å². The van der Waals surface area contributed by atoms with Crippen molar-refractivity contribution >= 4 is 28.7 Å². The normalized spacial score (nSPS) is 15.1. The van der Waals surface area contributed by atoms with Gasteiger partial charge < -0.3 is 4.90 Å². The summed E-state index contributed by atoms with van der Waals surface area (Å²) in [7, 11) is 0. The second-order valence-electron chi connectivity index (χ2n) is 15.9. The van der Waals surface area contributed by atoms with Crippen molar-refractivity contribution in [2.45, 2.75) is 5.41 Å². The maximum Gasteiger partial charge on any atom is 0.0714 e. The standard InChI is InChI=1S/C63H47N/c1-3-21-51(4-2)63(52-28-15-8-16-29-52)61-33-20-19-32-58(61)59-43-42-55(45-62(59)63)64(53-38-34-49(35-39-53)57-31-18-17-30-56(57)47-24-11-6-12-25-47)54-40-36-50(37-41-54)60(48-26-13-7-14-27-48)44-46-22-9-5-10-23-46/h3-45H,1-2H2/b51-21+,60-44+/i36D,41D,44D. The third-order valence-corrected chi connectivity index (χ3v) is 12.2. The molecule has 9 aromatic carbocycles. The van der Waals surface area contributed by atoms with E-state index in [4.69, 9.17) is 0 Å². The number of hydrogen-bond donors (Lipinski definition) is 0. The number of benzene rings is 9. The second kappa shape index (κ2) is 17.6. The highest BCUT2D eigenvalue weighted by Crippen LogP contribution is 2.57. The van der Waals surface area contributed by atoms with Gasteiger partial charge in [0.25, 0.3) is 0 Å². The van der Waals surface area contributed by atoms with Gasteiger partial charge in [-0.2, -0.15) is 0 Å². The third kappa shape index (κ3) is 7.23. The third-order valence-electron chi connectivity index (χ3n) is 12.2. The smallest absolute Gasteiger partial charge is 0.0714 e. The van der Waals surface area contributed by atoms with Crippen LogP contribution in [0.15, 0.2) is 273 Å². The Hall–Kier alpha value is -8.26. The van der Waals surface area contributed by atoms with Gasteiger partial charge >= 0.3 is 0 Å². The predicted molar refractivity (Wildman–Crippen MR) is 272 cm³/mol. The molecule has 1 nitrogen and oxygen atoms in total. The molecule has 0 heterocycles. The van der Waals surface area contributed by atoms with Crippen molar-refractivity contribution in [2.24, 2.45) is 0 Å². The fraction of sp³-hybridized carbons (Fsp3) is 0.0159. The number of fused-ring (bicyclic) bond motifs is 3. The van der Waals surface area contributed by atoms with Gasteiger partial charge in [-0.05, 0) is 120 Å². The molecule has 1 unspecified atom stereocenters. The minimum Gasteiger partial charge on any atom is -0.310 e. The van der Waals surface area contributed by atoms with Crippen molar-refractivity contribution in [1.29, 1.82) is 0 Å². The van der Waals surface area contributed by atoms with Crippen molar-refractivity contribution in [3.63, 3.8) is 0 Å². The Labute approximate surface area is 381 Å². The molecule has 0 radical (unpaired) electrons. The molecule has 64 heavy (non-hydrogen) atoms. The van der Waals surface area contributed by atoms with E-state index in [-0.39, 0.29) is 18.1 Å². The first kappa shape index (κ1) is 36.4. The first-order chi connectivity index (χ1) is 32.9. The molecule has 304 valence electrons. The van der Waals surface area contributed by atoms with Gasteiger partial charge in [0.2, 0.25) is 0 Å². The van der Waals surface area contributed by atoms with E-state index in [1.807, 2.05) is 84.9 Å². The first-order valence-corrected chi connectivity index (χ1v) is 21.7. The quantitative estimate of drug-likeness (QED) is 0.0877. The zero-order valence-corrected chi connectivity index (χ0v) is 35.5. The molecule has 0 aliphatic heterocycles. The van der Waals surface area contributed by atoms with Crippen LogP contribution in [0.4, 0.5) is 17.1 Å². The van der Waals surface area contributed by atoms with Crippen LogP contribution in [0.25, 0.3) is 45.0 Å². The van der Waals surface area contributed by atoms with Crippen LogP contribution in [0.3, 0.4) is 0 Å². The highest BCUT2D eigenvalue weighted by molar-refractivity contribution is 5.93. The molecule has 0 amide bonds. The Morgan fingerprint density at radius 3 is 1.70 bits per heavy atom. The fourth-order valence-electron chi connectivity index (χ4n) is 9.39. The summed E-state index contributed by atoms with van der Waals surface area (Å²) in [5.41, 5.74) is 15.1. The number of nitrogens with zero attached hydrogens (tertiary/aromatic N) is 1. The molecular weight excluding hydrogens is 771 g/mol. The van der Waals surface area contributed by atoms with Gasteiger partial charge in [-0.15, -0.1) is 0 Å². The van der Waals surface area contributed by atoms with Gasteiger partial charge in [0, 0.05) is 17.1 Å². The van der Waals surface area contributed by atoms with Crippen molar-refractivity contribution < 1.29 is 4.11 Å². The van der Waals surface area contributed by atoms with Gasteiger partial charge in [0.15, 0.2) is 0 Å². The van der Waals surface area contributed by atoms with Crippen molar-refractivity contribution in [2.75, 3.05) is 4.90 Å². The number of anilines is 3. The van der Waals surface area contributed by atoms with Gasteiger partial charge in [-0.25, -0.2) is 0 Å². The average Bonchev–Trinajstić information content (AvgIpc) is 3.68. The molecule has 0 saturated heterocycles. The lowest BCUT2D eigenvalue weighted by molar-refractivity contribution is 0.767. The van der Waals surface area contributed by atoms with E-state index in [1.54, 1.807) is 12.1 Å². The van der Waals surface area contributed by atoms with E-state index in [0.29, 0.717) is 16.8 Å². The Bertz CT molecular complexity index is 3340. The average molecular weight is 821 g/mol. The molecule has 1 aliphatic carbocycles. The van der Waals surface area contributed by atoms with Crippen LogP contribution < -0.4 is 4.90 Å². The van der Waals surface area contributed by atoms with E-state index in [1.165, 1.54) is 0 Å². The molecule has 0 saturated carbocycles. The van der Waals surface area contributed by atoms with Crippen LogP contribution in [0, 0.1) is 0 Å². The van der Waals surface area contributed by atoms with E-state index in [9.17, 15) is 4.11 Å². The van der Waals surface area contributed by atoms with Crippen molar-refractivity contribution in [3.8, 4) is 33.4 Å². The van der Waals surface area contributed by atoms with Crippen LogP contribution in [-0.4, -0.2) is 0 Å². The predicted octanol–water partition coefficient (Wildman–Crippen LogP) is 16.7. The minimum absolute atomic E-state index is 0.207. The summed E-state index contributed by atoms with van der Waals surface area (Å²) in [6, 6.07) is 76.8. The van der Waals surface area contributed by atoms with Gasteiger partial charge in [-0.3, -0.25) is 0 Å².